The van der Waals surface area contributed by atoms with E-state index in [1.54, 1.807) is 30.3 Å². The first-order valence-corrected chi connectivity index (χ1v) is 10.3. The van der Waals surface area contributed by atoms with Gasteiger partial charge in [0.2, 0.25) is 5.88 Å². The van der Waals surface area contributed by atoms with Crippen molar-refractivity contribution in [1.82, 2.24) is 9.97 Å². The first-order chi connectivity index (χ1) is 15.9. The maximum Gasteiger partial charge on any atom is 0.227 e. The number of halogens is 3. The first kappa shape index (κ1) is 22.6. The fourth-order valence-electron chi connectivity index (χ4n) is 3.55. The summed E-state index contributed by atoms with van der Waals surface area (Å²) in [5, 5.41) is 1.12. The lowest BCUT2D eigenvalue weighted by molar-refractivity contribution is 0.111. The van der Waals surface area contributed by atoms with Crippen LogP contribution >= 0.6 is 23.2 Å². The van der Waals surface area contributed by atoms with E-state index in [1.165, 1.54) is 20.3 Å². The van der Waals surface area contributed by atoms with Gasteiger partial charge in [-0.3, -0.25) is 9.59 Å². The molecule has 0 saturated carbocycles. The van der Waals surface area contributed by atoms with Crippen LogP contribution in [0.4, 0.5) is 4.39 Å². The van der Waals surface area contributed by atoms with E-state index in [2.05, 4.69) is 9.97 Å². The van der Waals surface area contributed by atoms with Crippen molar-refractivity contribution in [2.75, 3.05) is 14.2 Å². The lowest BCUT2D eigenvalue weighted by Crippen LogP contribution is -2.00. The van der Waals surface area contributed by atoms with Crippen LogP contribution in [-0.2, 0) is 0 Å². The van der Waals surface area contributed by atoms with Crippen LogP contribution in [-0.4, -0.2) is 36.8 Å². The molecule has 0 aliphatic carbocycles. The predicted molar refractivity (Wildman–Crippen MR) is 124 cm³/mol. The summed E-state index contributed by atoms with van der Waals surface area (Å²) in [6, 6.07) is 11.2. The molecule has 2 aromatic carbocycles. The molecule has 0 aliphatic heterocycles. The number of hydrogen-bond acceptors (Lipinski definition) is 6. The second-order valence-electron chi connectivity index (χ2n) is 6.89. The highest BCUT2D eigenvalue weighted by Crippen LogP contribution is 2.39. The zero-order valence-corrected chi connectivity index (χ0v) is 18.9. The van der Waals surface area contributed by atoms with Crippen LogP contribution in [0.3, 0.4) is 0 Å². The van der Waals surface area contributed by atoms with Gasteiger partial charge in [-0.2, -0.15) is 0 Å². The van der Waals surface area contributed by atoms with Crippen molar-refractivity contribution in [2.45, 2.75) is 0 Å². The van der Waals surface area contributed by atoms with Gasteiger partial charge in [0.1, 0.15) is 17.1 Å². The highest BCUT2D eigenvalue weighted by Gasteiger charge is 2.19. The summed E-state index contributed by atoms with van der Waals surface area (Å²) >= 11 is 13.1. The van der Waals surface area contributed by atoms with Gasteiger partial charge in [-0.1, -0.05) is 41.4 Å². The van der Waals surface area contributed by atoms with Crippen LogP contribution in [0, 0.1) is 5.82 Å². The Balaban J connectivity index is 1.90. The highest BCUT2D eigenvalue weighted by atomic mass is 35.5. The van der Waals surface area contributed by atoms with E-state index in [4.69, 9.17) is 32.7 Å². The average molecular weight is 485 g/mol. The molecule has 0 saturated heterocycles. The van der Waals surface area contributed by atoms with Gasteiger partial charge in [-0.15, -0.1) is 0 Å². The topological polar surface area (TPSA) is 78.4 Å². The summed E-state index contributed by atoms with van der Waals surface area (Å²) in [5.74, 6) is -0.553. The summed E-state index contributed by atoms with van der Waals surface area (Å²) < 4.78 is 24.8. The molecular formula is C24H15Cl2FN2O4. The van der Waals surface area contributed by atoms with Crippen molar-refractivity contribution in [3.05, 3.63) is 69.5 Å². The molecule has 6 nitrogen and oxygen atoms in total. The Bertz CT molecular complexity index is 1430. The van der Waals surface area contributed by atoms with Gasteiger partial charge in [-0.05, 0) is 18.2 Å². The summed E-state index contributed by atoms with van der Waals surface area (Å²) in [6.45, 7) is 0. The zero-order valence-electron chi connectivity index (χ0n) is 17.4. The molecule has 0 radical (unpaired) electrons. The number of pyridine rings is 2. The van der Waals surface area contributed by atoms with E-state index < -0.39 is 5.82 Å². The monoisotopic (exact) mass is 484 g/mol. The van der Waals surface area contributed by atoms with Gasteiger partial charge in [0.15, 0.2) is 12.6 Å². The smallest absolute Gasteiger partial charge is 0.227 e. The third-order valence-corrected chi connectivity index (χ3v) is 5.77. The van der Waals surface area contributed by atoms with Crippen molar-refractivity contribution in [3.8, 4) is 34.1 Å². The molecule has 0 spiro atoms. The SMILES string of the molecule is COc1nc(-c2cccc(-c3ccc4c(OC)c(C=O)cc(Cl)c4n3)c2Cl)cc(F)c1C=O. The molecule has 9 heteroatoms. The van der Waals surface area contributed by atoms with Gasteiger partial charge < -0.3 is 9.47 Å². The molecule has 0 unspecified atom stereocenters. The number of benzene rings is 2. The van der Waals surface area contributed by atoms with E-state index in [0.29, 0.717) is 51.6 Å². The van der Waals surface area contributed by atoms with Crippen molar-refractivity contribution < 1.29 is 23.5 Å². The fraction of sp³-hybridized carbons (Fsp3) is 0.0833. The number of aromatic nitrogens is 2. The van der Waals surface area contributed by atoms with Crippen LogP contribution in [0.1, 0.15) is 20.7 Å². The number of ether oxygens (including phenoxy) is 2. The molecule has 4 aromatic rings. The van der Waals surface area contributed by atoms with Crippen molar-refractivity contribution in [3.63, 3.8) is 0 Å². The predicted octanol–water partition coefficient (Wildman–Crippen LogP) is 6.05. The highest BCUT2D eigenvalue weighted by molar-refractivity contribution is 6.36. The quantitative estimate of drug-likeness (QED) is 0.310. The van der Waals surface area contributed by atoms with Gasteiger partial charge >= 0.3 is 0 Å². The van der Waals surface area contributed by atoms with E-state index in [9.17, 15) is 14.0 Å². The number of carbonyl (C=O) groups excluding carboxylic acids is 2. The average Bonchev–Trinajstić information content (AvgIpc) is 2.83. The summed E-state index contributed by atoms with van der Waals surface area (Å²) in [5.41, 5.74) is 2.12. The second-order valence-corrected chi connectivity index (χ2v) is 7.67. The minimum Gasteiger partial charge on any atom is -0.495 e. The summed E-state index contributed by atoms with van der Waals surface area (Å²) in [7, 11) is 2.75. The molecule has 166 valence electrons. The van der Waals surface area contributed by atoms with E-state index in [0.717, 1.165) is 6.07 Å². The normalized spacial score (nSPS) is 10.8. The second kappa shape index (κ2) is 9.13. The zero-order chi connectivity index (χ0) is 23.7. The Morgan fingerprint density at radius 2 is 1.64 bits per heavy atom. The minimum atomic E-state index is -0.776. The molecule has 0 amide bonds. The van der Waals surface area contributed by atoms with Crippen LogP contribution in [0.2, 0.25) is 10.0 Å². The van der Waals surface area contributed by atoms with Crippen LogP contribution < -0.4 is 9.47 Å². The number of nitrogens with zero attached hydrogens (tertiary/aromatic N) is 2. The molecule has 33 heavy (non-hydrogen) atoms. The molecule has 0 atom stereocenters. The van der Waals surface area contributed by atoms with Crippen molar-refractivity contribution in [1.29, 1.82) is 0 Å². The number of fused-ring (bicyclic) bond motifs is 1. The van der Waals surface area contributed by atoms with Gasteiger partial charge in [0, 0.05) is 22.6 Å². The third kappa shape index (κ3) is 3.90. The van der Waals surface area contributed by atoms with Gasteiger partial charge in [-0.25, -0.2) is 14.4 Å². The minimum absolute atomic E-state index is 0.143. The Morgan fingerprint density at radius 1 is 0.909 bits per heavy atom. The molecular weight excluding hydrogens is 470 g/mol. The van der Waals surface area contributed by atoms with Gasteiger partial charge in [0.25, 0.3) is 0 Å². The molecule has 0 aliphatic rings. The lowest BCUT2D eigenvalue weighted by Gasteiger charge is -2.13. The van der Waals surface area contributed by atoms with Crippen LogP contribution in [0.25, 0.3) is 33.4 Å². The Labute approximate surface area is 197 Å². The van der Waals surface area contributed by atoms with E-state index >= 15 is 0 Å². The third-order valence-electron chi connectivity index (χ3n) is 5.08. The molecule has 2 heterocycles. The number of aldehydes is 2. The van der Waals surface area contributed by atoms with Crippen molar-refractivity contribution >= 4 is 46.7 Å². The van der Waals surface area contributed by atoms with Crippen LogP contribution in [0.15, 0.2) is 42.5 Å². The van der Waals surface area contributed by atoms with Crippen molar-refractivity contribution in [2.24, 2.45) is 0 Å². The molecule has 0 N–H and O–H groups in total. The Morgan fingerprint density at radius 3 is 2.27 bits per heavy atom. The number of hydrogen-bond donors (Lipinski definition) is 0. The Hall–Kier alpha value is -3.55. The maximum atomic E-state index is 14.4. The Kier molecular flexibility index (Phi) is 6.26. The number of carbonyl (C=O) groups is 2. The van der Waals surface area contributed by atoms with Crippen LogP contribution in [0.5, 0.6) is 11.6 Å². The fourth-order valence-corrected chi connectivity index (χ4v) is 4.13. The van der Waals surface area contributed by atoms with E-state index in [1.807, 2.05) is 0 Å². The van der Waals surface area contributed by atoms with Gasteiger partial charge in [0.05, 0.1) is 46.7 Å². The summed E-state index contributed by atoms with van der Waals surface area (Å²) in [6.07, 6.45) is 1.00. The first-order valence-electron chi connectivity index (χ1n) is 9.54. The van der Waals surface area contributed by atoms with E-state index in [-0.39, 0.29) is 27.2 Å². The standard InChI is InChI=1S/C24H15Cl2FN2O4/c1-32-23-12(10-30)8-17(25)22-15(23)6-7-19(28-22)13-4-3-5-14(21(13)26)20-9-18(27)16(11-31)24(29-20)33-2/h3-11H,1-2H3. The molecule has 0 bridgehead atoms. The maximum absolute atomic E-state index is 14.4. The largest absolute Gasteiger partial charge is 0.495 e. The number of methoxy groups -OCH3 is 2. The summed E-state index contributed by atoms with van der Waals surface area (Å²) in [4.78, 5) is 31.4. The number of rotatable bonds is 6. The molecule has 0 fully saturated rings. The lowest BCUT2D eigenvalue weighted by atomic mass is 10.0. The molecule has 2 aromatic heterocycles. The molecule has 4 rings (SSSR count).